The van der Waals surface area contributed by atoms with E-state index in [-0.39, 0.29) is 5.91 Å². The fourth-order valence-electron chi connectivity index (χ4n) is 3.39. The summed E-state index contributed by atoms with van der Waals surface area (Å²) < 4.78 is 1.85. The van der Waals surface area contributed by atoms with Crippen molar-refractivity contribution < 1.29 is 9.59 Å². The van der Waals surface area contributed by atoms with Crippen LogP contribution in [-0.2, 0) is 17.8 Å². The maximum Gasteiger partial charge on any atom is 0.248 e. The van der Waals surface area contributed by atoms with Gasteiger partial charge in [-0.3, -0.25) is 14.3 Å². The number of primary amides is 1. The van der Waals surface area contributed by atoms with Gasteiger partial charge in [0.15, 0.2) is 0 Å². The van der Waals surface area contributed by atoms with E-state index in [2.05, 4.69) is 5.10 Å². The molecule has 2 aromatic rings. The van der Waals surface area contributed by atoms with Gasteiger partial charge in [-0.15, -0.1) is 0 Å². The fourth-order valence-corrected chi connectivity index (χ4v) is 3.39. The van der Waals surface area contributed by atoms with Gasteiger partial charge in [-0.25, -0.2) is 0 Å². The maximum atomic E-state index is 12.4. The van der Waals surface area contributed by atoms with Gasteiger partial charge in [0.25, 0.3) is 0 Å². The molecule has 2 amide bonds. The molecule has 6 heteroatoms. The van der Waals surface area contributed by atoms with Crippen molar-refractivity contribution in [3.63, 3.8) is 0 Å². The van der Waals surface area contributed by atoms with Crippen LogP contribution in [-0.4, -0.2) is 39.6 Å². The number of nitrogens with zero attached hydrogens (tertiary/aromatic N) is 3. The molecular formula is C19H24N4O2. The SMILES string of the molecule is NC(=O)c1cccc(C[C@@H]2CCN(C(=O)CCCn3cccn3)C2)c1. The lowest BCUT2D eigenvalue weighted by Crippen LogP contribution is -2.29. The van der Waals surface area contributed by atoms with E-state index in [1.807, 2.05) is 40.0 Å². The molecule has 1 fully saturated rings. The molecule has 1 aromatic carbocycles. The van der Waals surface area contributed by atoms with Crippen LogP contribution in [0.5, 0.6) is 0 Å². The van der Waals surface area contributed by atoms with E-state index in [1.165, 1.54) is 0 Å². The first-order valence-corrected chi connectivity index (χ1v) is 8.76. The highest BCUT2D eigenvalue weighted by atomic mass is 16.2. The zero-order valence-corrected chi connectivity index (χ0v) is 14.3. The number of hydrogen-bond acceptors (Lipinski definition) is 3. The monoisotopic (exact) mass is 340 g/mol. The van der Waals surface area contributed by atoms with Crippen molar-refractivity contribution in [3.8, 4) is 0 Å². The predicted octanol–water partition coefficient (Wildman–Crippen LogP) is 1.85. The second kappa shape index (κ2) is 7.96. The molecule has 0 radical (unpaired) electrons. The molecule has 25 heavy (non-hydrogen) atoms. The minimum atomic E-state index is -0.401. The summed E-state index contributed by atoms with van der Waals surface area (Å²) in [5, 5.41) is 4.15. The molecule has 6 nitrogen and oxygen atoms in total. The molecule has 1 aliphatic rings. The summed E-state index contributed by atoms with van der Waals surface area (Å²) in [6, 6.07) is 9.36. The summed E-state index contributed by atoms with van der Waals surface area (Å²) in [5.74, 6) is 0.265. The Bertz CT molecular complexity index is 727. The molecular weight excluding hydrogens is 316 g/mol. The van der Waals surface area contributed by atoms with E-state index in [4.69, 9.17) is 5.73 Å². The largest absolute Gasteiger partial charge is 0.366 e. The zero-order chi connectivity index (χ0) is 17.6. The summed E-state index contributed by atoms with van der Waals surface area (Å²) in [4.78, 5) is 25.6. The van der Waals surface area contributed by atoms with Gasteiger partial charge >= 0.3 is 0 Å². The molecule has 1 atom stereocenters. The highest BCUT2D eigenvalue weighted by Crippen LogP contribution is 2.22. The molecule has 0 saturated carbocycles. The highest BCUT2D eigenvalue weighted by Gasteiger charge is 2.26. The smallest absolute Gasteiger partial charge is 0.248 e. The van der Waals surface area contributed by atoms with Gasteiger partial charge in [0.1, 0.15) is 0 Å². The third-order valence-corrected chi connectivity index (χ3v) is 4.71. The van der Waals surface area contributed by atoms with Crippen LogP contribution < -0.4 is 5.73 Å². The average Bonchev–Trinajstić information content (AvgIpc) is 3.27. The van der Waals surface area contributed by atoms with Gasteiger partial charge in [0, 0.05) is 44.0 Å². The lowest BCUT2D eigenvalue weighted by Gasteiger charge is -2.17. The molecule has 132 valence electrons. The van der Waals surface area contributed by atoms with E-state index in [0.717, 1.165) is 44.5 Å². The Morgan fingerprint density at radius 2 is 2.16 bits per heavy atom. The van der Waals surface area contributed by atoms with Crippen molar-refractivity contribution in [2.75, 3.05) is 13.1 Å². The lowest BCUT2D eigenvalue weighted by atomic mass is 9.97. The molecule has 0 bridgehead atoms. The summed E-state index contributed by atoms with van der Waals surface area (Å²) in [5.41, 5.74) is 6.99. The molecule has 2 N–H and O–H groups in total. The van der Waals surface area contributed by atoms with Gasteiger partial charge in [0.2, 0.25) is 11.8 Å². The molecule has 2 heterocycles. The Hall–Kier alpha value is -2.63. The van der Waals surface area contributed by atoms with Crippen LogP contribution >= 0.6 is 0 Å². The normalized spacial score (nSPS) is 17.0. The number of amides is 2. The summed E-state index contributed by atoms with van der Waals surface area (Å²) in [6.45, 7) is 2.39. The Morgan fingerprint density at radius 3 is 2.92 bits per heavy atom. The first-order valence-electron chi connectivity index (χ1n) is 8.76. The first kappa shape index (κ1) is 17.2. The summed E-state index contributed by atoms with van der Waals surface area (Å²) >= 11 is 0. The standard InChI is InChI=1S/C19H24N4O2/c20-19(25)17-5-1-4-15(13-17)12-16-7-11-22(14-16)18(24)6-2-9-23-10-3-8-21-23/h1,3-5,8,10,13,16H,2,6-7,9,11-12,14H2,(H2,20,25)/t16-/m0/s1. The number of rotatable bonds is 7. The van der Waals surface area contributed by atoms with Crippen molar-refractivity contribution in [2.45, 2.75) is 32.2 Å². The van der Waals surface area contributed by atoms with Crippen molar-refractivity contribution in [1.82, 2.24) is 14.7 Å². The number of nitrogens with two attached hydrogens (primary N) is 1. The van der Waals surface area contributed by atoms with Gasteiger partial charge < -0.3 is 10.6 Å². The Kier molecular flexibility index (Phi) is 5.48. The number of carbonyl (C=O) groups is 2. The van der Waals surface area contributed by atoms with Gasteiger partial charge in [0.05, 0.1) is 0 Å². The van der Waals surface area contributed by atoms with Crippen molar-refractivity contribution in [1.29, 1.82) is 0 Å². The first-order chi connectivity index (χ1) is 12.1. The highest BCUT2D eigenvalue weighted by molar-refractivity contribution is 5.92. The van der Waals surface area contributed by atoms with Crippen LogP contribution in [0.1, 0.15) is 35.2 Å². The Morgan fingerprint density at radius 1 is 1.28 bits per heavy atom. The van der Waals surface area contributed by atoms with Crippen molar-refractivity contribution in [3.05, 3.63) is 53.9 Å². The predicted molar refractivity (Wildman–Crippen MR) is 94.8 cm³/mol. The number of aryl methyl sites for hydroxylation is 1. The molecule has 1 aliphatic heterocycles. The average molecular weight is 340 g/mol. The van der Waals surface area contributed by atoms with E-state index < -0.39 is 5.91 Å². The molecule has 0 aliphatic carbocycles. The second-order valence-corrected chi connectivity index (χ2v) is 6.64. The number of aromatic nitrogens is 2. The Balaban J connectivity index is 1.45. The minimum Gasteiger partial charge on any atom is -0.366 e. The number of hydrogen-bond donors (Lipinski definition) is 1. The number of carbonyl (C=O) groups excluding carboxylic acids is 2. The quantitative estimate of drug-likeness (QED) is 0.835. The molecule has 0 spiro atoms. The third kappa shape index (κ3) is 4.68. The summed E-state index contributed by atoms with van der Waals surface area (Å²) in [7, 11) is 0. The maximum absolute atomic E-state index is 12.4. The van der Waals surface area contributed by atoms with Crippen LogP contribution in [0, 0.1) is 5.92 Å². The zero-order valence-electron chi connectivity index (χ0n) is 14.3. The van der Waals surface area contributed by atoms with Crippen LogP contribution in [0.15, 0.2) is 42.7 Å². The van der Waals surface area contributed by atoms with Gasteiger partial charge in [-0.2, -0.15) is 5.10 Å². The second-order valence-electron chi connectivity index (χ2n) is 6.64. The summed E-state index contributed by atoms with van der Waals surface area (Å²) in [6.07, 6.45) is 6.91. The van der Waals surface area contributed by atoms with Crippen LogP contribution in [0.4, 0.5) is 0 Å². The van der Waals surface area contributed by atoms with Gasteiger partial charge in [-0.05, 0) is 48.9 Å². The number of likely N-dealkylation sites (tertiary alicyclic amines) is 1. The van der Waals surface area contributed by atoms with Crippen LogP contribution in [0.2, 0.25) is 0 Å². The molecule has 1 aromatic heterocycles. The van der Waals surface area contributed by atoms with E-state index in [1.54, 1.807) is 12.3 Å². The molecule has 1 saturated heterocycles. The van der Waals surface area contributed by atoms with Crippen molar-refractivity contribution >= 4 is 11.8 Å². The Labute approximate surface area is 147 Å². The van der Waals surface area contributed by atoms with Gasteiger partial charge in [-0.1, -0.05) is 12.1 Å². The molecule has 0 unspecified atom stereocenters. The van der Waals surface area contributed by atoms with Crippen LogP contribution in [0.3, 0.4) is 0 Å². The minimum absolute atomic E-state index is 0.223. The fraction of sp³-hybridized carbons (Fsp3) is 0.421. The molecule has 3 rings (SSSR count). The lowest BCUT2D eigenvalue weighted by molar-refractivity contribution is -0.130. The van der Waals surface area contributed by atoms with Crippen LogP contribution in [0.25, 0.3) is 0 Å². The van der Waals surface area contributed by atoms with E-state index in [0.29, 0.717) is 17.9 Å². The topological polar surface area (TPSA) is 81.2 Å². The third-order valence-electron chi connectivity index (χ3n) is 4.71. The van der Waals surface area contributed by atoms with E-state index in [9.17, 15) is 9.59 Å². The van der Waals surface area contributed by atoms with Crippen molar-refractivity contribution in [2.24, 2.45) is 11.7 Å². The number of benzene rings is 1. The van der Waals surface area contributed by atoms with E-state index >= 15 is 0 Å².